The smallest absolute Gasteiger partial charge is 0.214 e. The molecule has 0 fully saturated rings. The molecule has 1 unspecified atom stereocenters. The summed E-state index contributed by atoms with van der Waals surface area (Å²) in [5, 5.41) is 24.7. The highest BCUT2D eigenvalue weighted by Gasteiger charge is 2.20. The van der Waals surface area contributed by atoms with Gasteiger partial charge in [0.15, 0.2) is 0 Å². The second-order valence-electron chi connectivity index (χ2n) is 4.85. The van der Waals surface area contributed by atoms with Gasteiger partial charge in [-0.15, -0.1) is 5.10 Å². The molecule has 0 aliphatic rings. The fourth-order valence-corrected chi connectivity index (χ4v) is 2.66. The van der Waals surface area contributed by atoms with Gasteiger partial charge in [0.2, 0.25) is 5.16 Å². The van der Waals surface area contributed by atoms with Crippen molar-refractivity contribution in [3.05, 3.63) is 30.3 Å². The number of aromatic nitrogens is 4. The van der Waals surface area contributed by atoms with Gasteiger partial charge in [-0.3, -0.25) is 0 Å². The molecule has 6 nitrogen and oxygen atoms in total. The van der Waals surface area contributed by atoms with Crippen molar-refractivity contribution in [1.82, 2.24) is 25.5 Å². The molecule has 0 aliphatic carbocycles. The minimum atomic E-state index is -0.466. The van der Waals surface area contributed by atoms with Gasteiger partial charge in [0, 0.05) is 5.75 Å². The van der Waals surface area contributed by atoms with Crippen LogP contribution in [0.1, 0.15) is 19.8 Å². The third kappa shape index (κ3) is 4.03. The maximum absolute atomic E-state index is 9.11. The van der Waals surface area contributed by atoms with Crippen molar-refractivity contribution in [2.75, 3.05) is 12.8 Å². The highest BCUT2D eigenvalue weighted by atomic mass is 32.2. The molecule has 7 heteroatoms. The molecule has 0 saturated carbocycles. The van der Waals surface area contributed by atoms with Crippen molar-refractivity contribution in [3.8, 4) is 11.8 Å². The number of nitrogens with one attached hydrogen (secondary N) is 1. The topological polar surface area (TPSA) is 79.4 Å². The van der Waals surface area contributed by atoms with Gasteiger partial charge in [-0.2, -0.15) is 9.94 Å². The average Bonchev–Trinajstić information content (AvgIpc) is 3.00. The van der Waals surface area contributed by atoms with E-state index in [2.05, 4.69) is 26.9 Å². The minimum absolute atomic E-state index is 0.466. The predicted molar refractivity (Wildman–Crippen MR) is 82.2 cm³/mol. The van der Waals surface area contributed by atoms with E-state index in [4.69, 9.17) is 5.26 Å². The van der Waals surface area contributed by atoms with Gasteiger partial charge in [0.05, 0.1) is 11.8 Å². The minimum Gasteiger partial charge on any atom is -0.303 e. The molecule has 2 rings (SSSR count). The second kappa shape index (κ2) is 7.20. The van der Waals surface area contributed by atoms with E-state index in [1.54, 1.807) is 16.4 Å². The van der Waals surface area contributed by atoms with Crippen LogP contribution >= 0.6 is 11.8 Å². The molecular weight excluding hydrogens is 284 g/mol. The van der Waals surface area contributed by atoms with Crippen LogP contribution in [0.15, 0.2) is 35.5 Å². The third-order valence-corrected chi connectivity index (χ3v) is 4.30. The van der Waals surface area contributed by atoms with Gasteiger partial charge in [0.25, 0.3) is 0 Å². The first-order valence-corrected chi connectivity index (χ1v) is 7.74. The Morgan fingerprint density at radius 2 is 2.14 bits per heavy atom. The number of hydrogen-bond donors (Lipinski definition) is 1. The summed E-state index contributed by atoms with van der Waals surface area (Å²) < 4.78 is 1.73. The molecular formula is C14H18N6S. The number of rotatable bonds is 7. The van der Waals surface area contributed by atoms with Crippen LogP contribution in [0.5, 0.6) is 0 Å². The van der Waals surface area contributed by atoms with Crippen molar-refractivity contribution < 1.29 is 0 Å². The molecule has 110 valence electrons. The Morgan fingerprint density at radius 3 is 2.81 bits per heavy atom. The highest BCUT2D eigenvalue weighted by Crippen LogP contribution is 2.21. The number of tetrazole rings is 1. The fourth-order valence-electron chi connectivity index (χ4n) is 1.83. The molecule has 0 spiro atoms. The molecule has 0 bridgehead atoms. The summed E-state index contributed by atoms with van der Waals surface area (Å²) in [5.41, 5.74) is 0.480. The number of nitriles is 1. The van der Waals surface area contributed by atoms with Gasteiger partial charge in [0.1, 0.15) is 5.54 Å². The van der Waals surface area contributed by atoms with Crippen LogP contribution in [-0.2, 0) is 0 Å². The van der Waals surface area contributed by atoms with E-state index in [0.717, 1.165) is 29.4 Å². The zero-order chi connectivity index (χ0) is 15.1. The van der Waals surface area contributed by atoms with Gasteiger partial charge in [-0.25, -0.2) is 0 Å². The summed E-state index contributed by atoms with van der Waals surface area (Å²) in [5.74, 6) is 0.867. The SMILES string of the molecule is CNC(C)(C#N)CCCSc1nnnn1-c1ccccc1. The highest BCUT2D eigenvalue weighted by molar-refractivity contribution is 7.99. The maximum Gasteiger partial charge on any atom is 0.214 e. The lowest BCUT2D eigenvalue weighted by Crippen LogP contribution is -2.37. The Hall–Kier alpha value is -1.91. The largest absolute Gasteiger partial charge is 0.303 e. The van der Waals surface area contributed by atoms with Crippen LogP contribution in [0, 0.1) is 11.3 Å². The van der Waals surface area contributed by atoms with Crippen LogP contribution in [0.25, 0.3) is 5.69 Å². The first kappa shape index (κ1) is 15.5. The fraction of sp³-hybridized carbons (Fsp3) is 0.429. The molecule has 1 atom stereocenters. The van der Waals surface area contributed by atoms with Crippen molar-refractivity contribution >= 4 is 11.8 Å². The van der Waals surface area contributed by atoms with Crippen molar-refractivity contribution in [1.29, 1.82) is 5.26 Å². The van der Waals surface area contributed by atoms with Gasteiger partial charge < -0.3 is 5.32 Å². The van der Waals surface area contributed by atoms with Crippen molar-refractivity contribution in [3.63, 3.8) is 0 Å². The molecule has 0 saturated heterocycles. The first-order valence-electron chi connectivity index (χ1n) is 6.75. The van der Waals surface area contributed by atoms with E-state index in [0.29, 0.717) is 0 Å². The monoisotopic (exact) mass is 302 g/mol. The molecule has 21 heavy (non-hydrogen) atoms. The van der Waals surface area contributed by atoms with Gasteiger partial charge in [-0.1, -0.05) is 30.0 Å². The van der Waals surface area contributed by atoms with E-state index < -0.39 is 5.54 Å². The number of para-hydroxylation sites is 1. The Kier molecular flexibility index (Phi) is 5.31. The lowest BCUT2D eigenvalue weighted by atomic mass is 9.99. The summed E-state index contributed by atoms with van der Waals surface area (Å²) in [7, 11) is 1.81. The van der Waals surface area contributed by atoms with E-state index >= 15 is 0 Å². The quantitative estimate of drug-likeness (QED) is 0.623. The lowest BCUT2D eigenvalue weighted by Gasteiger charge is -2.19. The Bertz CT molecular complexity index is 605. The van der Waals surface area contributed by atoms with Crippen LogP contribution in [0.3, 0.4) is 0 Å². The zero-order valence-corrected chi connectivity index (χ0v) is 13.0. The summed E-state index contributed by atoms with van der Waals surface area (Å²) in [4.78, 5) is 0. The second-order valence-corrected chi connectivity index (χ2v) is 5.92. The summed E-state index contributed by atoms with van der Waals surface area (Å²) in [6.45, 7) is 1.91. The number of hydrogen-bond acceptors (Lipinski definition) is 6. The molecule has 2 aromatic rings. The van der Waals surface area contributed by atoms with E-state index in [-0.39, 0.29) is 0 Å². The van der Waals surface area contributed by atoms with E-state index in [1.807, 2.05) is 44.3 Å². The van der Waals surface area contributed by atoms with E-state index in [9.17, 15) is 0 Å². The third-order valence-electron chi connectivity index (χ3n) is 3.29. The summed E-state index contributed by atoms with van der Waals surface area (Å²) in [6.07, 6.45) is 1.71. The molecule has 1 aromatic heterocycles. The Morgan fingerprint density at radius 1 is 1.38 bits per heavy atom. The maximum atomic E-state index is 9.11. The van der Waals surface area contributed by atoms with Crippen LogP contribution in [-0.4, -0.2) is 38.5 Å². The number of thioether (sulfide) groups is 1. The summed E-state index contributed by atoms with van der Waals surface area (Å²) >= 11 is 1.60. The van der Waals surface area contributed by atoms with Crippen molar-refractivity contribution in [2.45, 2.75) is 30.5 Å². The predicted octanol–water partition coefficient (Wildman–Crippen LogP) is 2.04. The molecule has 1 N–H and O–H groups in total. The van der Waals surface area contributed by atoms with Gasteiger partial charge >= 0.3 is 0 Å². The average molecular weight is 302 g/mol. The lowest BCUT2D eigenvalue weighted by molar-refractivity contribution is 0.451. The van der Waals surface area contributed by atoms with Crippen LogP contribution < -0.4 is 5.32 Å². The first-order chi connectivity index (χ1) is 10.2. The van der Waals surface area contributed by atoms with Crippen LogP contribution in [0.4, 0.5) is 0 Å². The Labute approximate surface area is 128 Å². The molecule has 0 amide bonds. The molecule has 0 radical (unpaired) electrons. The standard InChI is InChI=1S/C14H18N6S/c1-14(11-15,16-2)9-6-10-21-13-17-18-19-20(13)12-7-4-3-5-8-12/h3-5,7-8,16H,6,9-10H2,1-2H3. The zero-order valence-electron chi connectivity index (χ0n) is 12.2. The van der Waals surface area contributed by atoms with Gasteiger partial charge in [-0.05, 0) is 49.4 Å². The Balaban J connectivity index is 1.91. The van der Waals surface area contributed by atoms with Crippen molar-refractivity contribution in [2.24, 2.45) is 0 Å². The molecule has 0 aliphatic heterocycles. The normalized spacial score (nSPS) is 13.6. The van der Waals surface area contributed by atoms with E-state index in [1.165, 1.54) is 0 Å². The number of nitrogens with zero attached hydrogens (tertiary/aromatic N) is 5. The molecule has 1 aromatic carbocycles. The summed E-state index contributed by atoms with van der Waals surface area (Å²) in [6, 6.07) is 12.1. The molecule has 1 heterocycles. The van der Waals surface area contributed by atoms with Crippen LogP contribution in [0.2, 0.25) is 0 Å². The number of benzene rings is 1.